The number of aliphatic hydroxyl groups excluding tert-OH is 2. The summed E-state index contributed by atoms with van der Waals surface area (Å²) in [6, 6.07) is 3.81. The molecule has 196 valence electrons. The number of esters is 1. The Kier molecular flexibility index (Phi) is 10.4. The third kappa shape index (κ3) is 7.84. The number of amides is 2. The van der Waals surface area contributed by atoms with Gasteiger partial charge in [0.15, 0.2) is 17.9 Å². The molecule has 2 N–H and O–H groups in total. The minimum atomic E-state index is -2.23. The summed E-state index contributed by atoms with van der Waals surface area (Å²) in [6.45, 7) is 8.24. The summed E-state index contributed by atoms with van der Waals surface area (Å²) in [5, 5.41) is 21.6. The van der Waals surface area contributed by atoms with Gasteiger partial charge in [-0.05, 0) is 45.1 Å². The Bertz CT molecular complexity index is 892. The van der Waals surface area contributed by atoms with Crippen LogP contribution < -0.4 is 4.74 Å². The van der Waals surface area contributed by atoms with Crippen LogP contribution in [-0.4, -0.2) is 100 Å². The smallest absolute Gasteiger partial charge is 0.364 e. The van der Waals surface area contributed by atoms with Gasteiger partial charge in [-0.15, -0.1) is 0 Å². The molecule has 0 spiro atoms. The summed E-state index contributed by atoms with van der Waals surface area (Å²) in [7, 11) is 0. The highest BCUT2D eigenvalue weighted by atomic mass is 35.5. The molecule has 1 fully saturated rings. The van der Waals surface area contributed by atoms with Gasteiger partial charge in [0.05, 0.1) is 13.1 Å². The molecule has 0 bridgehead atoms. The Morgan fingerprint density at radius 2 is 1.57 bits per heavy atom. The van der Waals surface area contributed by atoms with Gasteiger partial charge in [-0.2, -0.15) is 5.06 Å². The second kappa shape index (κ2) is 12.6. The van der Waals surface area contributed by atoms with Crippen LogP contribution in [0.5, 0.6) is 5.75 Å². The number of benzene rings is 1. The standard InChI is InChI=1S/C22H31Cl2N3O8/c1-5-25(6-2)7-8-27-21(32)26(9-10-33-16-12-14(23)11-15(24)13-16)22(3,4)34-19(30)17(28)18(29)20(31)35-27/h11-13,17-18,28-29H,5-10H2,1-4H3. The summed E-state index contributed by atoms with van der Waals surface area (Å²) >= 11 is 12.0. The van der Waals surface area contributed by atoms with Crippen molar-refractivity contribution >= 4 is 41.2 Å². The molecule has 35 heavy (non-hydrogen) atoms. The number of aliphatic hydroxyl groups is 2. The molecule has 2 rings (SSSR count). The molecule has 0 aliphatic carbocycles. The lowest BCUT2D eigenvalue weighted by atomic mass is 10.2. The molecule has 1 aromatic rings. The predicted octanol–water partition coefficient (Wildman–Crippen LogP) is 1.91. The first-order valence-corrected chi connectivity index (χ1v) is 11.9. The molecule has 1 heterocycles. The maximum atomic E-state index is 13.5. The van der Waals surface area contributed by atoms with Crippen LogP contribution in [0.1, 0.15) is 27.7 Å². The molecule has 0 aromatic heterocycles. The van der Waals surface area contributed by atoms with Gasteiger partial charge in [0.1, 0.15) is 12.4 Å². The Balaban J connectivity index is 2.31. The molecule has 2 atom stereocenters. The number of likely N-dealkylation sites (N-methyl/N-ethyl adjacent to an activating group) is 1. The van der Waals surface area contributed by atoms with Crippen molar-refractivity contribution in [3.05, 3.63) is 28.2 Å². The van der Waals surface area contributed by atoms with Crippen LogP contribution in [0.4, 0.5) is 4.79 Å². The number of hydrogen-bond donors (Lipinski definition) is 2. The van der Waals surface area contributed by atoms with E-state index in [-0.39, 0.29) is 19.7 Å². The lowest BCUT2D eigenvalue weighted by Crippen LogP contribution is -2.60. The monoisotopic (exact) mass is 535 g/mol. The summed E-state index contributed by atoms with van der Waals surface area (Å²) in [5.74, 6) is -2.31. The summed E-state index contributed by atoms with van der Waals surface area (Å²) in [4.78, 5) is 46.4. The van der Waals surface area contributed by atoms with E-state index in [4.69, 9.17) is 37.5 Å². The zero-order valence-electron chi connectivity index (χ0n) is 20.1. The lowest BCUT2D eigenvalue weighted by molar-refractivity contribution is -0.217. The third-order valence-corrected chi connectivity index (χ3v) is 5.80. The topological polar surface area (TPSA) is 129 Å². The number of carbonyl (C=O) groups excluding carboxylic acids is 3. The SMILES string of the molecule is CCN(CC)CCN1OC(=O)C(O)C(O)C(=O)OC(C)(C)N(CCOc2cc(Cl)cc(Cl)c2)C1=O. The van der Waals surface area contributed by atoms with Crippen molar-refractivity contribution in [2.75, 3.05) is 39.3 Å². The first-order chi connectivity index (χ1) is 16.4. The molecule has 2 amide bonds. The normalized spacial score (nSPS) is 21.1. The van der Waals surface area contributed by atoms with Gasteiger partial charge >= 0.3 is 18.0 Å². The van der Waals surface area contributed by atoms with Crippen molar-refractivity contribution in [3.63, 3.8) is 0 Å². The fourth-order valence-electron chi connectivity index (χ4n) is 3.33. The largest absolute Gasteiger partial charge is 0.492 e. The number of halogens is 2. The molecule has 0 radical (unpaired) electrons. The maximum absolute atomic E-state index is 13.5. The Morgan fingerprint density at radius 1 is 1.00 bits per heavy atom. The number of rotatable bonds is 9. The molecule has 2 unspecified atom stereocenters. The van der Waals surface area contributed by atoms with Crippen LogP contribution in [-0.2, 0) is 19.2 Å². The van der Waals surface area contributed by atoms with E-state index in [9.17, 15) is 24.6 Å². The van der Waals surface area contributed by atoms with Gasteiger partial charge in [-0.3, -0.25) is 4.90 Å². The number of nitrogens with zero attached hydrogens (tertiary/aromatic N) is 3. The Labute approximate surface area is 214 Å². The molecule has 0 saturated carbocycles. The summed E-state index contributed by atoms with van der Waals surface area (Å²) in [6.07, 6.45) is -4.43. The fourth-order valence-corrected chi connectivity index (χ4v) is 3.84. The fraction of sp³-hybridized carbons (Fsp3) is 0.591. The van der Waals surface area contributed by atoms with Crippen molar-refractivity contribution in [2.24, 2.45) is 0 Å². The number of cyclic esters (lactones) is 1. The van der Waals surface area contributed by atoms with Crippen molar-refractivity contribution in [1.82, 2.24) is 14.9 Å². The second-order valence-corrected chi connectivity index (χ2v) is 9.06. The Hall–Kier alpha value is -2.31. The van der Waals surface area contributed by atoms with E-state index in [2.05, 4.69) is 0 Å². The molecule has 11 nitrogen and oxygen atoms in total. The van der Waals surface area contributed by atoms with E-state index in [1.807, 2.05) is 18.7 Å². The van der Waals surface area contributed by atoms with Crippen LogP contribution in [0, 0.1) is 0 Å². The molecular weight excluding hydrogens is 505 g/mol. The third-order valence-electron chi connectivity index (χ3n) is 5.36. The zero-order chi connectivity index (χ0) is 26.3. The minimum absolute atomic E-state index is 0.0413. The quantitative estimate of drug-likeness (QED) is 0.455. The molecular formula is C22H31Cl2N3O8. The minimum Gasteiger partial charge on any atom is -0.492 e. The average Bonchev–Trinajstić information content (AvgIpc) is 2.78. The highest BCUT2D eigenvalue weighted by molar-refractivity contribution is 6.34. The molecule has 1 aromatic carbocycles. The van der Waals surface area contributed by atoms with Crippen LogP contribution in [0.15, 0.2) is 18.2 Å². The van der Waals surface area contributed by atoms with E-state index < -0.39 is 35.9 Å². The van der Waals surface area contributed by atoms with Gasteiger partial charge in [0, 0.05) is 16.6 Å². The highest BCUT2D eigenvalue weighted by Gasteiger charge is 2.44. The van der Waals surface area contributed by atoms with E-state index in [0.717, 1.165) is 9.96 Å². The second-order valence-electron chi connectivity index (χ2n) is 8.18. The van der Waals surface area contributed by atoms with Crippen LogP contribution in [0.2, 0.25) is 10.0 Å². The van der Waals surface area contributed by atoms with Gasteiger partial charge in [0.2, 0.25) is 0 Å². The maximum Gasteiger partial charge on any atom is 0.364 e. The van der Waals surface area contributed by atoms with E-state index >= 15 is 0 Å². The first-order valence-electron chi connectivity index (χ1n) is 11.1. The summed E-state index contributed by atoms with van der Waals surface area (Å²) in [5.41, 5.74) is -1.61. The van der Waals surface area contributed by atoms with E-state index in [1.54, 1.807) is 12.1 Å². The molecule has 1 aliphatic rings. The van der Waals surface area contributed by atoms with Gasteiger partial charge in [-0.1, -0.05) is 37.0 Å². The lowest BCUT2D eigenvalue weighted by Gasteiger charge is -2.41. The van der Waals surface area contributed by atoms with Gasteiger partial charge < -0.3 is 29.4 Å². The van der Waals surface area contributed by atoms with Crippen LogP contribution in [0.3, 0.4) is 0 Å². The number of ether oxygens (including phenoxy) is 2. The van der Waals surface area contributed by atoms with E-state index in [0.29, 0.717) is 35.4 Å². The van der Waals surface area contributed by atoms with Crippen molar-refractivity contribution in [3.8, 4) is 5.75 Å². The highest BCUT2D eigenvalue weighted by Crippen LogP contribution is 2.25. The number of hydroxylamine groups is 2. The number of urea groups is 1. The van der Waals surface area contributed by atoms with Crippen molar-refractivity contribution in [1.29, 1.82) is 0 Å². The first kappa shape index (κ1) is 28.9. The predicted molar refractivity (Wildman–Crippen MR) is 127 cm³/mol. The Morgan fingerprint density at radius 3 is 2.14 bits per heavy atom. The zero-order valence-corrected chi connectivity index (χ0v) is 21.6. The van der Waals surface area contributed by atoms with Gasteiger partial charge in [-0.25, -0.2) is 14.4 Å². The van der Waals surface area contributed by atoms with E-state index in [1.165, 1.54) is 19.9 Å². The van der Waals surface area contributed by atoms with Crippen molar-refractivity contribution < 1.29 is 38.9 Å². The van der Waals surface area contributed by atoms with Gasteiger partial charge in [0.25, 0.3) is 0 Å². The molecule has 1 aliphatic heterocycles. The molecule has 13 heteroatoms. The average molecular weight is 536 g/mol. The summed E-state index contributed by atoms with van der Waals surface area (Å²) < 4.78 is 11.0. The van der Waals surface area contributed by atoms with Crippen molar-refractivity contribution in [2.45, 2.75) is 45.6 Å². The van der Waals surface area contributed by atoms with Crippen LogP contribution in [0.25, 0.3) is 0 Å². The number of carbonyl (C=O) groups is 3. The molecule has 1 saturated heterocycles. The number of hydrogen-bond acceptors (Lipinski definition) is 9. The van der Waals surface area contributed by atoms with Crippen LogP contribution >= 0.6 is 23.2 Å².